The van der Waals surface area contributed by atoms with Crippen molar-refractivity contribution >= 4 is 10.0 Å². The van der Waals surface area contributed by atoms with E-state index in [9.17, 15) is 8.42 Å². The van der Waals surface area contributed by atoms with E-state index >= 15 is 0 Å². The van der Waals surface area contributed by atoms with Gasteiger partial charge in [0.15, 0.2) is 0 Å². The monoisotopic (exact) mass is 280 g/mol. The van der Waals surface area contributed by atoms with E-state index in [4.69, 9.17) is 9.56 Å². The zero-order chi connectivity index (χ0) is 13.7. The Morgan fingerprint density at radius 3 is 2.47 bits per heavy atom. The van der Waals surface area contributed by atoms with Crippen LogP contribution in [0.2, 0.25) is 0 Å². The fourth-order valence-electron chi connectivity index (χ4n) is 1.83. The minimum atomic E-state index is -3.46. The fraction of sp³-hybridized carbons (Fsp3) is 0.231. The van der Waals surface area contributed by atoms with Crippen LogP contribution < -0.4 is 10.5 Å². The van der Waals surface area contributed by atoms with Crippen LogP contribution in [0.4, 0.5) is 0 Å². The fourth-order valence-corrected chi connectivity index (χ4v) is 2.23. The Balaban J connectivity index is 2.12. The van der Waals surface area contributed by atoms with Crippen molar-refractivity contribution in [1.29, 1.82) is 0 Å². The SMILES string of the molecule is NS(=O)(=O)CCNC(c1ccccc1)c1ccco1. The number of primary sulfonamides is 1. The average Bonchev–Trinajstić information content (AvgIpc) is 2.88. The summed E-state index contributed by atoms with van der Waals surface area (Å²) in [5.74, 6) is 0.623. The van der Waals surface area contributed by atoms with Gasteiger partial charge < -0.3 is 9.73 Å². The van der Waals surface area contributed by atoms with Gasteiger partial charge in [-0.25, -0.2) is 13.6 Å². The molecule has 2 aromatic rings. The van der Waals surface area contributed by atoms with Crippen LogP contribution in [-0.4, -0.2) is 20.7 Å². The van der Waals surface area contributed by atoms with Crippen LogP contribution >= 0.6 is 0 Å². The average molecular weight is 280 g/mol. The number of sulfonamides is 1. The molecule has 1 unspecified atom stereocenters. The van der Waals surface area contributed by atoms with Crippen LogP contribution in [0.1, 0.15) is 17.4 Å². The van der Waals surface area contributed by atoms with E-state index in [1.807, 2.05) is 36.4 Å². The zero-order valence-corrected chi connectivity index (χ0v) is 11.1. The van der Waals surface area contributed by atoms with Gasteiger partial charge in [-0.2, -0.15) is 0 Å². The van der Waals surface area contributed by atoms with Crippen LogP contribution in [-0.2, 0) is 10.0 Å². The van der Waals surface area contributed by atoms with Gasteiger partial charge in [-0.05, 0) is 17.7 Å². The number of nitrogens with one attached hydrogen (secondary N) is 1. The standard InChI is InChI=1S/C13H16N2O3S/c14-19(16,17)10-8-15-13(12-7-4-9-18-12)11-5-2-1-3-6-11/h1-7,9,13,15H,8,10H2,(H2,14,16,17). The molecule has 0 saturated carbocycles. The van der Waals surface area contributed by atoms with Crippen molar-refractivity contribution in [2.45, 2.75) is 6.04 Å². The quantitative estimate of drug-likeness (QED) is 0.834. The largest absolute Gasteiger partial charge is 0.467 e. The first-order valence-corrected chi connectivity index (χ1v) is 7.60. The van der Waals surface area contributed by atoms with E-state index in [1.165, 1.54) is 0 Å². The second-order valence-electron chi connectivity index (χ2n) is 4.18. The van der Waals surface area contributed by atoms with Gasteiger partial charge in [0, 0.05) is 6.54 Å². The summed E-state index contributed by atoms with van der Waals surface area (Å²) in [6, 6.07) is 13.1. The smallest absolute Gasteiger partial charge is 0.210 e. The molecular formula is C13H16N2O3S. The Hall–Kier alpha value is -1.63. The highest BCUT2D eigenvalue weighted by molar-refractivity contribution is 7.89. The van der Waals surface area contributed by atoms with Gasteiger partial charge in [0.05, 0.1) is 18.1 Å². The molecule has 3 N–H and O–H groups in total. The predicted octanol–water partition coefficient (Wildman–Crippen LogP) is 1.25. The van der Waals surface area contributed by atoms with Gasteiger partial charge in [-0.15, -0.1) is 0 Å². The molecule has 5 nitrogen and oxygen atoms in total. The summed E-state index contributed by atoms with van der Waals surface area (Å²) >= 11 is 0. The van der Waals surface area contributed by atoms with Gasteiger partial charge >= 0.3 is 0 Å². The van der Waals surface area contributed by atoms with Crippen molar-refractivity contribution in [2.24, 2.45) is 5.14 Å². The molecule has 0 aliphatic rings. The third-order valence-corrected chi connectivity index (χ3v) is 3.47. The molecule has 0 saturated heterocycles. The molecule has 1 aromatic heterocycles. The summed E-state index contributed by atoms with van der Waals surface area (Å²) in [5, 5.41) is 8.13. The summed E-state index contributed by atoms with van der Waals surface area (Å²) in [7, 11) is -3.46. The normalized spacial score (nSPS) is 13.3. The number of rotatable bonds is 6. The van der Waals surface area contributed by atoms with Crippen molar-refractivity contribution in [2.75, 3.05) is 12.3 Å². The number of benzene rings is 1. The van der Waals surface area contributed by atoms with Crippen LogP contribution in [0.25, 0.3) is 0 Å². The molecule has 19 heavy (non-hydrogen) atoms. The topological polar surface area (TPSA) is 85.3 Å². The maximum atomic E-state index is 11.0. The van der Waals surface area contributed by atoms with Crippen molar-refractivity contribution in [3.8, 4) is 0 Å². The lowest BCUT2D eigenvalue weighted by atomic mass is 10.0. The molecule has 6 heteroatoms. The Kier molecular flexibility index (Phi) is 4.36. The Morgan fingerprint density at radius 1 is 1.16 bits per heavy atom. The molecule has 0 fully saturated rings. The van der Waals surface area contributed by atoms with Gasteiger partial charge in [0.2, 0.25) is 10.0 Å². The first kappa shape index (κ1) is 13.8. The number of hydrogen-bond donors (Lipinski definition) is 2. The number of nitrogens with two attached hydrogens (primary N) is 1. The van der Waals surface area contributed by atoms with Crippen LogP contribution in [0.5, 0.6) is 0 Å². The summed E-state index contributed by atoms with van der Waals surface area (Å²) in [4.78, 5) is 0. The molecule has 0 aliphatic carbocycles. The van der Waals surface area contributed by atoms with E-state index in [0.29, 0.717) is 0 Å². The molecule has 0 amide bonds. The molecule has 1 aromatic carbocycles. The zero-order valence-electron chi connectivity index (χ0n) is 10.3. The van der Waals surface area contributed by atoms with Gasteiger partial charge in [-0.3, -0.25) is 0 Å². The van der Waals surface area contributed by atoms with Gasteiger partial charge in [-0.1, -0.05) is 30.3 Å². The first-order chi connectivity index (χ1) is 9.06. The molecule has 0 spiro atoms. The predicted molar refractivity (Wildman–Crippen MR) is 73.0 cm³/mol. The van der Waals surface area contributed by atoms with Crippen molar-refractivity contribution in [1.82, 2.24) is 5.32 Å². The second-order valence-corrected chi connectivity index (χ2v) is 5.91. The van der Waals surface area contributed by atoms with E-state index < -0.39 is 10.0 Å². The Morgan fingerprint density at radius 2 is 1.89 bits per heavy atom. The maximum Gasteiger partial charge on any atom is 0.210 e. The van der Waals surface area contributed by atoms with E-state index in [1.54, 1.807) is 12.3 Å². The lowest BCUT2D eigenvalue weighted by Crippen LogP contribution is -2.30. The Bertz CT molecular complexity index is 594. The molecular weight excluding hydrogens is 264 g/mol. The van der Waals surface area contributed by atoms with E-state index in [-0.39, 0.29) is 18.3 Å². The molecule has 1 atom stereocenters. The lowest BCUT2D eigenvalue weighted by molar-refractivity contribution is 0.452. The second kappa shape index (κ2) is 6.01. The first-order valence-electron chi connectivity index (χ1n) is 5.88. The number of furan rings is 1. The van der Waals surface area contributed by atoms with E-state index in [2.05, 4.69) is 5.32 Å². The third-order valence-electron chi connectivity index (χ3n) is 2.70. The molecule has 1 heterocycles. The van der Waals surface area contributed by atoms with E-state index in [0.717, 1.165) is 11.3 Å². The lowest BCUT2D eigenvalue weighted by Gasteiger charge is -2.16. The summed E-state index contributed by atoms with van der Waals surface area (Å²) in [6.07, 6.45) is 1.59. The van der Waals surface area contributed by atoms with Gasteiger partial charge in [0.1, 0.15) is 5.76 Å². The highest BCUT2D eigenvalue weighted by Gasteiger charge is 2.16. The highest BCUT2D eigenvalue weighted by Crippen LogP contribution is 2.21. The van der Waals surface area contributed by atoms with Crippen molar-refractivity contribution in [3.63, 3.8) is 0 Å². The third kappa shape index (κ3) is 4.20. The Labute approximate surface area is 112 Å². The van der Waals surface area contributed by atoms with Crippen LogP contribution in [0.3, 0.4) is 0 Å². The minimum Gasteiger partial charge on any atom is -0.467 e. The van der Waals surface area contributed by atoms with Crippen molar-refractivity contribution in [3.05, 3.63) is 60.1 Å². The molecule has 2 rings (SSSR count). The molecule has 102 valence electrons. The number of hydrogen-bond acceptors (Lipinski definition) is 4. The molecule has 0 radical (unpaired) electrons. The highest BCUT2D eigenvalue weighted by atomic mass is 32.2. The maximum absolute atomic E-state index is 11.0. The molecule has 0 aliphatic heterocycles. The van der Waals surface area contributed by atoms with Crippen LogP contribution in [0.15, 0.2) is 53.1 Å². The molecule has 0 bridgehead atoms. The van der Waals surface area contributed by atoms with Crippen molar-refractivity contribution < 1.29 is 12.8 Å². The summed E-state index contributed by atoms with van der Waals surface area (Å²) in [6.45, 7) is 0.263. The minimum absolute atomic E-state index is 0.114. The summed E-state index contributed by atoms with van der Waals surface area (Å²) < 4.78 is 27.3. The van der Waals surface area contributed by atoms with Gasteiger partial charge in [0.25, 0.3) is 0 Å². The summed E-state index contributed by atoms with van der Waals surface area (Å²) in [5.41, 5.74) is 1.01. The van der Waals surface area contributed by atoms with Crippen LogP contribution in [0, 0.1) is 0 Å².